The summed E-state index contributed by atoms with van der Waals surface area (Å²) >= 11 is 0.125. The molecule has 19 heavy (non-hydrogen) atoms. The Hall–Kier alpha value is -0.270. The van der Waals surface area contributed by atoms with Crippen LogP contribution in [0.25, 0.3) is 0 Å². The molecule has 0 radical (unpaired) electrons. The van der Waals surface area contributed by atoms with Gasteiger partial charge in [-0.15, -0.1) is 0 Å². The quantitative estimate of drug-likeness (QED) is 0.322. The van der Waals surface area contributed by atoms with E-state index in [9.17, 15) is 4.79 Å². The molecule has 2 bridgehead atoms. The Morgan fingerprint density at radius 1 is 1.32 bits per heavy atom. The molecule has 0 spiro atoms. The van der Waals surface area contributed by atoms with Crippen molar-refractivity contribution in [2.45, 2.75) is 19.4 Å². The Balaban J connectivity index is 0.000000861. The second-order valence-corrected chi connectivity index (χ2v) is 7.23. The number of ether oxygens (including phenoxy) is 1. The van der Waals surface area contributed by atoms with Gasteiger partial charge in [-0.2, -0.15) is 0 Å². The topological polar surface area (TPSA) is 71.1 Å². The standard InChI is InChI=1S/C11H18O5Si.O.Zn/c1-9(2)11(12)13-4-3-5-17-14-6-10(7-15-17)8-16-17;;/h10H,1,3-8H2,2H3;;. The Bertz CT molecular complexity index is 315. The van der Waals surface area contributed by atoms with Crippen LogP contribution in [0.15, 0.2) is 12.2 Å². The van der Waals surface area contributed by atoms with Gasteiger partial charge < -0.3 is 18.0 Å². The van der Waals surface area contributed by atoms with Crippen LogP contribution in [0.4, 0.5) is 0 Å². The fourth-order valence-corrected chi connectivity index (χ4v) is 4.53. The van der Waals surface area contributed by atoms with Crippen LogP contribution >= 0.6 is 0 Å². The van der Waals surface area contributed by atoms with Crippen molar-refractivity contribution in [3.8, 4) is 0 Å². The van der Waals surface area contributed by atoms with Crippen LogP contribution in [0.2, 0.25) is 6.04 Å². The van der Waals surface area contributed by atoms with Gasteiger partial charge in [-0.25, -0.2) is 4.79 Å². The maximum absolute atomic E-state index is 11.1. The zero-order valence-electron chi connectivity index (χ0n) is 11.2. The van der Waals surface area contributed by atoms with Crippen LogP contribution in [-0.4, -0.2) is 41.2 Å². The number of fused-ring (bicyclic) bond motifs is 3. The molecule has 3 fully saturated rings. The SMILES string of the molecule is C=C(C)C(=O)OCCC[Si]12OCC(CO1)CO2.[O]=[Zn]. The van der Waals surface area contributed by atoms with Crippen molar-refractivity contribution in [3.05, 3.63) is 12.2 Å². The molecular formula is C11H18O6SiZn. The van der Waals surface area contributed by atoms with Crippen LogP contribution in [-0.2, 0) is 44.6 Å². The molecule has 0 aliphatic carbocycles. The second kappa shape index (κ2) is 8.11. The van der Waals surface area contributed by atoms with E-state index in [1.807, 2.05) is 0 Å². The number of hydrogen-bond donors (Lipinski definition) is 0. The number of hydrogen-bond acceptors (Lipinski definition) is 6. The van der Waals surface area contributed by atoms with E-state index >= 15 is 0 Å². The molecule has 6 nitrogen and oxygen atoms in total. The molecule has 3 saturated heterocycles. The number of rotatable bonds is 5. The molecule has 104 valence electrons. The zero-order chi connectivity index (χ0) is 14.3. The summed E-state index contributed by atoms with van der Waals surface area (Å²) < 4.78 is 30.4. The Morgan fingerprint density at radius 3 is 2.32 bits per heavy atom. The van der Waals surface area contributed by atoms with E-state index in [0.29, 0.717) is 30.6 Å². The summed E-state index contributed by atoms with van der Waals surface area (Å²) in [5.41, 5.74) is 0.419. The van der Waals surface area contributed by atoms with Gasteiger partial charge in [-0.05, 0) is 13.3 Å². The molecule has 0 aromatic carbocycles. The summed E-state index contributed by atoms with van der Waals surface area (Å²) in [6.45, 7) is 7.76. The first kappa shape index (κ1) is 16.8. The van der Waals surface area contributed by atoms with Gasteiger partial charge in [0, 0.05) is 37.4 Å². The van der Waals surface area contributed by atoms with E-state index in [-0.39, 0.29) is 24.2 Å². The van der Waals surface area contributed by atoms with Gasteiger partial charge in [0.1, 0.15) is 0 Å². The first-order valence-electron chi connectivity index (χ1n) is 6.15. The van der Waals surface area contributed by atoms with Crippen LogP contribution in [0.1, 0.15) is 13.3 Å². The van der Waals surface area contributed by atoms with Gasteiger partial charge in [-0.1, -0.05) is 6.58 Å². The molecule has 0 saturated carbocycles. The molecule has 0 unspecified atom stereocenters. The predicted octanol–water partition coefficient (Wildman–Crippen LogP) is 1.01. The minimum atomic E-state index is -2.40. The Kier molecular flexibility index (Phi) is 7.17. The second-order valence-electron chi connectivity index (χ2n) is 4.50. The minimum absolute atomic E-state index is 0.125. The molecule has 0 amide bonds. The Labute approximate surface area is 123 Å². The summed E-state index contributed by atoms with van der Waals surface area (Å²) in [6, 6.07) is 0.711. The number of carbonyl (C=O) groups excluding carboxylic acids is 1. The van der Waals surface area contributed by atoms with Crippen LogP contribution in [0.3, 0.4) is 0 Å². The van der Waals surface area contributed by atoms with Crippen LogP contribution in [0, 0.1) is 5.92 Å². The Morgan fingerprint density at radius 2 is 1.84 bits per heavy atom. The van der Waals surface area contributed by atoms with Crippen molar-refractivity contribution in [3.63, 3.8) is 0 Å². The van der Waals surface area contributed by atoms with E-state index in [2.05, 4.69) is 6.58 Å². The molecule has 0 aromatic heterocycles. The predicted molar refractivity (Wildman–Crippen MR) is 63.0 cm³/mol. The third-order valence-corrected chi connectivity index (χ3v) is 5.61. The monoisotopic (exact) mass is 338 g/mol. The van der Waals surface area contributed by atoms with Gasteiger partial charge in [0.2, 0.25) is 0 Å². The summed E-state index contributed by atoms with van der Waals surface area (Å²) in [5, 5.41) is 0. The van der Waals surface area contributed by atoms with Gasteiger partial charge in [0.15, 0.2) is 0 Å². The molecule has 3 aliphatic rings. The molecular weight excluding hydrogens is 322 g/mol. The number of carbonyl (C=O) groups is 1. The van der Waals surface area contributed by atoms with Crippen molar-refractivity contribution >= 4 is 14.8 Å². The van der Waals surface area contributed by atoms with E-state index in [0.717, 1.165) is 19.8 Å². The summed E-state index contributed by atoms with van der Waals surface area (Å²) in [7, 11) is -2.40. The van der Waals surface area contributed by atoms with E-state index in [1.54, 1.807) is 6.92 Å². The molecule has 3 rings (SSSR count). The van der Waals surface area contributed by atoms with Crippen LogP contribution in [0.5, 0.6) is 0 Å². The van der Waals surface area contributed by atoms with Crippen molar-refractivity contribution < 1.29 is 44.6 Å². The molecule has 3 heterocycles. The van der Waals surface area contributed by atoms with Gasteiger partial charge in [-0.3, -0.25) is 0 Å². The summed E-state index contributed by atoms with van der Waals surface area (Å²) in [5.74, 6) is 0.0462. The van der Waals surface area contributed by atoms with Gasteiger partial charge >= 0.3 is 36.6 Å². The molecule has 0 N–H and O–H groups in total. The summed E-state index contributed by atoms with van der Waals surface area (Å²) in [6.07, 6.45) is 0.704. The van der Waals surface area contributed by atoms with E-state index in [4.69, 9.17) is 21.6 Å². The third kappa shape index (κ3) is 4.96. The first-order valence-corrected chi connectivity index (χ1v) is 9.29. The molecule has 8 heteroatoms. The zero-order valence-corrected chi connectivity index (χ0v) is 15.2. The van der Waals surface area contributed by atoms with Crippen molar-refractivity contribution in [2.24, 2.45) is 5.92 Å². The average Bonchev–Trinajstić information content (AvgIpc) is 2.47. The average molecular weight is 340 g/mol. The third-order valence-electron chi connectivity index (χ3n) is 2.83. The fourth-order valence-electron chi connectivity index (χ4n) is 1.80. The van der Waals surface area contributed by atoms with Crippen molar-refractivity contribution in [1.82, 2.24) is 0 Å². The van der Waals surface area contributed by atoms with Crippen molar-refractivity contribution in [1.29, 1.82) is 0 Å². The van der Waals surface area contributed by atoms with Gasteiger partial charge in [0.05, 0.1) is 6.61 Å². The maximum atomic E-state index is 11.1. The first-order chi connectivity index (χ1) is 9.11. The summed E-state index contributed by atoms with van der Waals surface area (Å²) in [4.78, 5) is 11.1. The van der Waals surface area contributed by atoms with Crippen molar-refractivity contribution in [2.75, 3.05) is 26.4 Å². The molecule has 0 atom stereocenters. The van der Waals surface area contributed by atoms with E-state index < -0.39 is 8.80 Å². The normalized spacial score (nSPS) is 28.3. The molecule has 3 aliphatic heterocycles. The number of esters is 1. The van der Waals surface area contributed by atoms with Gasteiger partial charge in [0.25, 0.3) is 0 Å². The van der Waals surface area contributed by atoms with E-state index in [1.165, 1.54) is 0 Å². The molecule has 0 aromatic rings. The van der Waals surface area contributed by atoms with Crippen LogP contribution < -0.4 is 0 Å². The fraction of sp³-hybridized carbons (Fsp3) is 0.727.